The summed E-state index contributed by atoms with van der Waals surface area (Å²) in [4.78, 5) is 10.1. The third kappa shape index (κ3) is 2.18. The SMILES string of the molecule is C=C.O=C1CC=CN1. The lowest BCUT2D eigenvalue weighted by Gasteiger charge is -1.78. The van der Waals surface area contributed by atoms with Gasteiger partial charge in [0.05, 0.1) is 0 Å². The molecule has 1 rings (SSSR count). The Morgan fingerprint density at radius 1 is 1.62 bits per heavy atom. The van der Waals surface area contributed by atoms with Crippen LogP contribution in [0.25, 0.3) is 0 Å². The minimum Gasteiger partial charge on any atom is -0.333 e. The molecule has 8 heavy (non-hydrogen) atoms. The van der Waals surface area contributed by atoms with Crippen LogP contribution < -0.4 is 5.32 Å². The molecular weight excluding hydrogens is 102 g/mol. The van der Waals surface area contributed by atoms with E-state index in [0.29, 0.717) is 6.42 Å². The number of rotatable bonds is 0. The van der Waals surface area contributed by atoms with Crippen LogP contribution in [0.15, 0.2) is 25.4 Å². The quantitative estimate of drug-likeness (QED) is 0.461. The molecule has 0 bridgehead atoms. The molecule has 0 aromatic heterocycles. The highest BCUT2D eigenvalue weighted by Gasteiger charge is 1.97. The summed E-state index contributed by atoms with van der Waals surface area (Å²) in [5.74, 6) is 0.0926. The molecule has 0 fully saturated rings. The lowest BCUT2D eigenvalue weighted by atomic mass is 10.5. The molecule has 0 saturated heterocycles. The normalized spacial score (nSPS) is 14.2. The zero-order valence-corrected chi connectivity index (χ0v) is 4.68. The van der Waals surface area contributed by atoms with Crippen molar-refractivity contribution in [2.45, 2.75) is 6.42 Å². The summed E-state index contributed by atoms with van der Waals surface area (Å²) in [6, 6.07) is 0. The van der Waals surface area contributed by atoms with Gasteiger partial charge in [0, 0.05) is 12.6 Å². The maximum Gasteiger partial charge on any atom is 0.227 e. The Morgan fingerprint density at radius 3 is 2.38 bits per heavy atom. The van der Waals surface area contributed by atoms with E-state index < -0.39 is 0 Å². The molecule has 0 unspecified atom stereocenters. The Morgan fingerprint density at radius 2 is 2.25 bits per heavy atom. The second-order valence-corrected chi connectivity index (χ2v) is 1.17. The molecular formula is C6H9NO. The van der Waals surface area contributed by atoms with Crippen LogP contribution in [0.1, 0.15) is 6.42 Å². The van der Waals surface area contributed by atoms with Gasteiger partial charge in [0.15, 0.2) is 0 Å². The fourth-order valence-corrected chi connectivity index (χ4v) is 0.377. The molecule has 0 spiro atoms. The number of nitrogens with one attached hydrogen (secondary N) is 1. The van der Waals surface area contributed by atoms with Gasteiger partial charge in [-0.3, -0.25) is 4.79 Å². The molecule has 44 valence electrons. The van der Waals surface area contributed by atoms with Crippen LogP contribution in [0.4, 0.5) is 0 Å². The molecule has 1 amide bonds. The maximum absolute atomic E-state index is 10.1. The number of carbonyl (C=O) groups is 1. The van der Waals surface area contributed by atoms with Gasteiger partial charge in [-0.1, -0.05) is 6.08 Å². The largest absolute Gasteiger partial charge is 0.333 e. The second-order valence-electron chi connectivity index (χ2n) is 1.17. The van der Waals surface area contributed by atoms with E-state index in [1.165, 1.54) is 0 Å². The molecule has 2 heteroatoms. The molecule has 0 aliphatic carbocycles. The van der Waals surface area contributed by atoms with E-state index in [4.69, 9.17) is 0 Å². The van der Waals surface area contributed by atoms with Crippen LogP contribution in [0.3, 0.4) is 0 Å². The predicted molar refractivity (Wildman–Crippen MR) is 33.2 cm³/mol. The minimum atomic E-state index is 0.0926. The van der Waals surface area contributed by atoms with Gasteiger partial charge in [-0.2, -0.15) is 0 Å². The van der Waals surface area contributed by atoms with E-state index in [1.54, 1.807) is 12.3 Å². The van der Waals surface area contributed by atoms with E-state index in [-0.39, 0.29) is 5.91 Å². The van der Waals surface area contributed by atoms with Gasteiger partial charge >= 0.3 is 0 Å². The first-order valence-corrected chi connectivity index (χ1v) is 2.34. The smallest absolute Gasteiger partial charge is 0.227 e. The summed E-state index contributed by atoms with van der Waals surface area (Å²) in [6.45, 7) is 6.00. The van der Waals surface area contributed by atoms with Gasteiger partial charge in [-0.15, -0.1) is 13.2 Å². The molecule has 0 aromatic carbocycles. The van der Waals surface area contributed by atoms with Crippen LogP contribution in [0, 0.1) is 0 Å². The molecule has 1 N–H and O–H groups in total. The van der Waals surface area contributed by atoms with Crippen molar-refractivity contribution in [2.75, 3.05) is 0 Å². The molecule has 0 saturated carbocycles. The topological polar surface area (TPSA) is 29.1 Å². The zero-order valence-electron chi connectivity index (χ0n) is 4.68. The molecule has 0 radical (unpaired) electrons. The van der Waals surface area contributed by atoms with E-state index in [1.807, 2.05) is 0 Å². The van der Waals surface area contributed by atoms with Gasteiger partial charge in [-0.05, 0) is 0 Å². The summed E-state index contributed by atoms with van der Waals surface area (Å²) in [5.41, 5.74) is 0. The van der Waals surface area contributed by atoms with E-state index >= 15 is 0 Å². The van der Waals surface area contributed by atoms with Crippen LogP contribution in [0.2, 0.25) is 0 Å². The third-order valence-corrected chi connectivity index (χ3v) is 0.665. The predicted octanol–water partition coefficient (Wildman–Crippen LogP) is 0.822. The van der Waals surface area contributed by atoms with Crippen molar-refractivity contribution in [3.8, 4) is 0 Å². The highest BCUT2D eigenvalue weighted by molar-refractivity contribution is 5.80. The van der Waals surface area contributed by atoms with Crippen molar-refractivity contribution < 1.29 is 4.79 Å². The van der Waals surface area contributed by atoms with Crippen molar-refractivity contribution in [3.63, 3.8) is 0 Å². The summed E-state index contributed by atoms with van der Waals surface area (Å²) < 4.78 is 0. The number of hydrogen-bond acceptors (Lipinski definition) is 1. The number of hydrogen-bond donors (Lipinski definition) is 1. The van der Waals surface area contributed by atoms with Crippen LogP contribution >= 0.6 is 0 Å². The standard InChI is InChI=1S/C4H5NO.C2H4/c6-4-2-1-3-5-4;1-2/h1,3H,2H2,(H,5,6);1-2H2. The van der Waals surface area contributed by atoms with Gasteiger partial charge in [0.25, 0.3) is 0 Å². The van der Waals surface area contributed by atoms with Crippen molar-refractivity contribution in [3.05, 3.63) is 25.4 Å². The zero-order chi connectivity index (χ0) is 6.41. The first-order chi connectivity index (χ1) is 3.89. The average Bonchev–Trinajstić information content (AvgIpc) is 2.24. The lowest BCUT2D eigenvalue weighted by Crippen LogP contribution is -2.08. The Balaban J connectivity index is 0.000000222. The Labute approximate surface area is 48.9 Å². The van der Waals surface area contributed by atoms with Crippen molar-refractivity contribution in [1.82, 2.24) is 5.32 Å². The van der Waals surface area contributed by atoms with Gasteiger partial charge < -0.3 is 5.32 Å². The Bertz CT molecular complexity index is 97.1. The highest BCUT2D eigenvalue weighted by atomic mass is 16.1. The third-order valence-electron chi connectivity index (χ3n) is 0.665. The van der Waals surface area contributed by atoms with Gasteiger partial charge in [0.2, 0.25) is 5.91 Å². The van der Waals surface area contributed by atoms with Crippen molar-refractivity contribution >= 4 is 5.91 Å². The number of amides is 1. The summed E-state index contributed by atoms with van der Waals surface area (Å²) in [5, 5.41) is 2.50. The second kappa shape index (κ2) is 4.12. The molecule has 0 aromatic rings. The van der Waals surface area contributed by atoms with Gasteiger partial charge in [0.1, 0.15) is 0 Å². The summed E-state index contributed by atoms with van der Waals surface area (Å²) >= 11 is 0. The first kappa shape index (κ1) is 6.95. The maximum atomic E-state index is 10.1. The molecule has 1 aliphatic rings. The number of carbonyl (C=O) groups excluding carboxylic acids is 1. The van der Waals surface area contributed by atoms with E-state index in [0.717, 1.165) is 0 Å². The Kier molecular flexibility index (Phi) is 3.58. The van der Waals surface area contributed by atoms with Crippen LogP contribution in [-0.4, -0.2) is 5.91 Å². The molecule has 1 aliphatic heterocycles. The minimum absolute atomic E-state index is 0.0926. The van der Waals surface area contributed by atoms with Crippen LogP contribution in [0.5, 0.6) is 0 Å². The van der Waals surface area contributed by atoms with Crippen molar-refractivity contribution in [1.29, 1.82) is 0 Å². The Hall–Kier alpha value is -1.05. The van der Waals surface area contributed by atoms with E-state index in [9.17, 15) is 4.79 Å². The summed E-state index contributed by atoms with van der Waals surface area (Å²) in [7, 11) is 0. The van der Waals surface area contributed by atoms with Crippen molar-refractivity contribution in [2.24, 2.45) is 0 Å². The first-order valence-electron chi connectivity index (χ1n) is 2.34. The average molecular weight is 111 g/mol. The molecule has 0 atom stereocenters. The summed E-state index contributed by atoms with van der Waals surface area (Å²) in [6.07, 6.45) is 4.00. The monoisotopic (exact) mass is 111 g/mol. The fourth-order valence-electron chi connectivity index (χ4n) is 0.377. The lowest BCUT2D eigenvalue weighted by molar-refractivity contribution is -0.118. The van der Waals surface area contributed by atoms with E-state index in [2.05, 4.69) is 18.5 Å². The van der Waals surface area contributed by atoms with Gasteiger partial charge in [-0.25, -0.2) is 0 Å². The highest BCUT2D eigenvalue weighted by Crippen LogP contribution is 1.87. The molecule has 1 heterocycles. The van der Waals surface area contributed by atoms with Crippen LogP contribution in [-0.2, 0) is 4.79 Å². The fraction of sp³-hybridized carbons (Fsp3) is 0.167. The molecule has 2 nitrogen and oxygen atoms in total.